The third kappa shape index (κ3) is 4.04. The number of carbonyl (C=O) groups excluding carboxylic acids is 1. The largest absolute Gasteiger partial charge is 0.296 e. The normalized spacial score (nSPS) is 15.6. The minimum atomic E-state index is -0.170. The van der Waals surface area contributed by atoms with Crippen molar-refractivity contribution in [2.45, 2.75) is 37.1 Å². The van der Waals surface area contributed by atoms with Crippen LogP contribution in [0.1, 0.15) is 42.5 Å². The van der Waals surface area contributed by atoms with Crippen LogP contribution < -0.4 is 5.32 Å². The van der Waals surface area contributed by atoms with Crippen LogP contribution in [-0.4, -0.2) is 26.8 Å². The molecule has 0 unspecified atom stereocenters. The van der Waals surface area contributed by atoms with Gasteiger partial charge in [-0.25, -0.2) is 4.98 Å². The van der Waals surface area contributed by atoms with Crippen LogP contribution in [0.4, 0.5) is 5.13 Å². The van der Waals surface area contributed by atoms with Gasteiger partial charge in [0.15, 0.2) is 0 Å². The summed E-state index contributed by atoms with van der Waals surface area (Å²) in [7, 11) is 0. The first-order valence-corrected chi connectivity index (χ1v) is 9.35. The van der Waals surface area contributed by atoms with Gasteiger partial charge in [0.1, 0.15) is 10.5 Å². The number of amides is 1. The van der Waals surface area contributed by atoms with Crippen molar-refractivity contribution in [2.75, 3.05) is 11.1 Å². The molecule has 1 saturated carbocycles. The second-order valence-corrected chi connectivity index (χ2v) is 7.21. The van der Waals surface area contributed by atoms with Crippen LogP contribution in [0.5, 0.6) is 0 Å². The Bertz CT molecular complexity index is 612. The molecule has 0 aromatic carbocycles. The van der Waals surface area contributed by atoms with Crippen molar-refractivity contribution in [3.8, 4) is 0 Å². The fraction of sp³-hybridized carbons (Fsp3) is 0.467. The molecule has 0 bridgehead atoms. The number of carbonyl (C=O) groups is 1. The predicted molar refractivity (Wildman–Crippen MR) is 89.4 cm³/mol. The molecule has 2 aromatic rings. The summed E-state index contributed by atoms with van der Waals surface area (Å²) in [4.78, 5) is 16.7. The van der Waals surface area contributed by atoms with Crippen LogP contribution in [0.25, 0.3) is 0 Å². The lowest BCUT2D eigenvalue weighted by atomic mass is 9.91. The van der Waals surface area contributed by atoms with Crippen molar-refractivity contribution < 1.29 is 4.79 Å². The second-order valence-electron chi connectivity index (χ2n) is 5.37. The molecule has 1 aliphatic rings. The zero-order valence-electron chi connectivity index (χ0n) is 12.2. The van der Waals surface area contributed by atoms with Crippen LogP contribution in [0.2, 0.25) is 0 Å². The van der Waals surface area contributed by atoms with E-state index in [0.717, 1.165) is 16.7 Å². The van der Waals surface area contributed by atoms with Gasteiger partial charge in [0.25, 0.3) is 5.91 Å². The molecule has 116 valence electrons. The molecular formula is C15H18N4OS2. The summed E-state index contributed by atoms with van der Waals surface area (Å²) in [5, 5.41) is 11.6. The minimum absolute atomic E-state index is 0.170. The zero-order valence-corrected chi connectivity index (χ0v) is 13.8. The Kier molecular flexibility index (Phi) is 5.39. The summed E-state index contributed by atoms with van der Waals surface area (Å²) in [5.41, 5.74) is 2.20. The quantitative estimate of drug-likeness (QED) is 0.841. The molecular weight excluding hydrogens is 316 g/mol. The van der Waals surface area contributed by atoms with E-state index in [9.17, 15) is 4.79 Å². The first kappa shape index (κ1) is 15.4. The van der Waals surface area contributed by atoms with Gasteiger partial charge < -0.3 is 0 Å². The second kappa shape index (κ2) is 7.69. The summed E-state index contributed by atoms with van der Waals surface area (Å²) >= 11 is 3.00. The third-order valence-corrected chi connectivity index (χ3v) is 5.62. The van der Waals surface area contributed by atoms with Gasteiger partial charge in [-0.1, -0.05) is 30.6 Å². The molecule has 22 heavy (non-hydrogen) atoms. The Morgan fingerprint density at radius 1 is 1.36 bits per heavy atom. The van der Waals surface area contributed by atoms with Crippen LogP contribution in [-0.2, 0) is 0 Å². The standard InChI is InChI=1S/C15H18N4OS2/c20-13(18-15-19-17-10-22-15)12-7-4-8-16-14(12)21-9-11-5-2-1-3-6-11/h4,7-8,10-11H,1-3,5-6,9H2,(H,18,19,20). The lowest BCUT2D eigenvalue weighted by Gasteiger charge is -2.21. The fourth-order valence-electron chi connectivity index (χ4n) is 2.62. The number of hydrogen-bond donors (Lipinski definition) is 1. The van der Waals surface area contributed by atoms with E-state index in [1.165, 1.54) is 43.4 Å². The van der Waals surface area contributed by atoms with Crippen LogP contribution in [0.3, 0.4) is 0 Å². The van der Waals surface area contributed by atoms with Gasteiger partial charge >= 0.3 is 0 Å². The summed E-state index contributed by atoms with van der Waals surface area (Å²) in [6, 6.07) is 3.60. The SMILES string of the molecule is O=C(Nc1nncs1)c1cccnc1SCC1CCCCC1. The monoisotopic (exact) mass is 334 g/mol. The van der Waals surface area contributed by atoms with Gasteiger partial charge in [0.2, 0.25) is 5.13 Å². The van der Waals surface area contributed by atoms with Gasteiger partial charge in [0.05, 0.1) is 5.56 Å². The predicted octanol–water partition coefficient (Wildman–Crippen LogP) is 3.86. The Labute approximate surface area is 138 Å². The van der Waals surface area contributed by atoms with Crippen molar-refractivity contribution in [2.24, 2.45) is 5.92 Å². The van der Waals surface area contributed by atoms with Crippen LogP contribution in [0, 0.1) is 5.92 Å². The molecule has 0 radical (unpaired) electrons. The van der Waals surface area contributed by atoms with E-state index in [1.54, 1.807) is 29.5 Å². The van der Waals surface area contributed by atoms with Gasteiger partial charge in [0, 0.05) is 11.9 Å². The van der Waals surface area contributed by atoms with E-state index in [1.807, 2.05) is 6.07 Å². The van der Waals surface area contributed by atoms with Gasteiger partial charge in [-0.15, -0.1) is 22.0 Å². The van der Waals surface area contributed by atoms with E-state index in [2.05, 4.69) is 20.5 Å². The highest BCUT2D eigenvalue weighted by Crippen LogP contribution is 2.30. The van der Waals surface area contributed by atoms with Gasteiger partial charge in [-0.2, -0.15) is 0 Å². The lowest BCUT2D eigenvalue weighted by molar-refractivity contribution is 0.102. The summed E-state index contributed by atoms with van der Waals surface area (Å²) in [5.74, 6) is 1.62. The molecule has 5 nitrogen and oxygen atoms in total. The third-order valence-electron chi connectivity index (χ3n) is 3.78. The maximum absolute atomic E-state index is 12.4. The lowest BCUT2D eigenvalue weighted by Crippen LogP contribution is -2.14. The number of thioether (sulfide) groups is 1. The Hall–Kier alpha value is -1.47. The highest BCUT2D eigenvalue weighted by atomic mass is 32.2. The van der Waals surface area contributed by atoms with Crippen LogP contribution >= 0.6 is 23.1 Å². The fourth-order valence-corrected chi connectivity index (χ4v) is 4.24. The Morgan fingerprint density at radius 3 is 3.00 bits per heavy atom. The van der Waals surface area contributed by atoms with E-state index < -0.39 is 0 Å². The number of rotatable bonds is 5. The molecule has 0 atom stereocenters. The van der Waals surface area contributed by atoms with Gasteiger partial charge in [-0.05, 0) is 30.9 Å². The summed E-state index contributed by atoms with van der Waals surface area (Å²) < 4.78 is 0. The van der Waals surface area contributed by atoms with Crippen molar-refractivity contribution in [1.82, 2.24) is 15.2 Å². The number of nitrogens with zero attached hydrogens (tertiary/aromatic N) is 3. The number of aromatic nitrogens is 3. The first-order chi connectivity index (χ1) is 10.8. The smallest absolute Gasteiger partial charge is 0.260 e. The number of hydrogen-bond acceptors (Lipinski definition) is 6. The zero-order chi connectivity index (χ0) is 15.2. The molecule has 1 fully saturated rings. The molecule has 2 heterocycles. The average Bonchev–Trinajstić information content (AvgIpc) is 3.07. The Morgan fingerprint density at radius 2 is 2.23 bits per heavy atom. The van der Waals surface area contributed by atoms with Crippen molar-refractivity contribution in [3.05, 3.63) is 29.4 Å². The van der Waals surface area contributed by atoms with Crippen molar-refractivity contribution in [3.63, 3.8) is 0 Å². The van der Waals surface area contributed by atoms with Crippen molar-refractivity contribution >= 4 is 34.1 Å². The van der Waals surface area contributed by atoms with E-state index >= 15 is 0 Å². The van der Waals surface area contributed by atoms with Crippen LogP contribution in [0.15, 0.2) is 28.9 Å². The molecule has 1 amide bonds. The first-order valence-electron chi connectivity index (χ1n) is 7.48. The molecule has 0 aliphatic heterocycles. The van der Waals surface area contributed by atoms with E-state index in [4.69, 9.17) is 0 Å². The molecule has 1 N–H and O–H groups in total. The maximum Gasteiger partial charge on any atom is 0.260 e. The average molecular weight is 334 g/mol. The molecule has 7 heteroatoms. The number of nitrogens with one attached hydrogen (secondary N) is 1. The molecule has 3 rings (SSSR count). The highest BCUT2D eigenvalue weighted by molar-refractivity contribution is 7.99. The maximum atomic E-state index is 12.4. The molecule has 0 spiro atoms. The highest BCUT2D eigenvalue weighted by Gasteiger charge is 2.18. The van der Waals surface area contributed by atoms with E-state index in [0.29, 0.717) is 10.7 Å². The minimum Gasteiger partial charge on any atom is -0.296 e. The van der Waals surface area contributed by atoms with E-state index in [-0.39, 0.29) is 5.91 Å². The summed E-state index contributed by atoms with van der Waals surface area (Å²) in [6.45, 7) is 0. The number of anilines is 1. The Balaban J connectivity index is 1.65. The van der Waals surface area contributed by atoms with Gasteiger partial charge in [-0.3, -0.25) is 10.1 Å². The van der Waals surface area contributed by atoms with Crippen molar-refractivity contribution in [1.29, 1.82) is 0 Å². The molecule has 0 saturated heterocycles. The molecule has 1 aliphatic carbocycles. The topological polar surface area (TPSA) is 67.8 Å². The molecule has 2 aromatic heterocycles. The number of pyridine rings is 1. The summed E-state index contributed by atoms with van der Waals surface area (Å²) in [6.07, 6.45) is 8.36.